The molecule has 0 spiro atoms. The van der Waals surface area contributed by atoms with Gasteiger partial charge in [-0.05, 0) is 25.9 Å². The number of hydrogen-bond acceptors (Lipinski definition) is 2. The number of carboxylic acids is 1. The lowest BCUT2D eigenvalue weighted by Crippen LogP contribution is -2.49. The third-order valence-corrected chi connectivity index (χ3v) is 3.95. The molecule has 0 aliphatic heterocycles. The first-order valence-electron chi connectivity index (χ1n) is 6.61. The highest BCUT2D eigenvalue weighted by Gasteiger charge is 2.37. The van der Waals surface area contributed by atoms with E-state index >= 15 is 0 Å². The van der Waals surface area contributed by atoms with E-state index in [2.05, 4.69) is 18.7 Å². The summed E-state index contributed by atoms with van der Waals surface area (Å²) in [5, 5.41) is 9.14. The fourth-order valence-corrected chi connectivity index (χ4v) is 3.17. The highest BCUT2D eigenvalue weighted by Crippen LogP contribution is 2.35. The van der Waals surface area contributed by atoms with Gasteiger partial charge in [0, 0.05) is 5.54 Å². The summed E-state index contributed by atoms with van der Waals surface area (Å²) in [6.07, 6.45) is 7.33. The predicted octanol–water partition coefficient (Wildman–Crippen LogP) is 2.90. The second-order valence-electron chi connectivity index (χ2n) is 4.88. The molecular formula is C13H25NO2. The zero-order chi connectivity index (χ0) is 12.0. The van der Waals surface area contributed by atoms with Gasteiger partial charge in [0.15, 0.2) is 0 Å². The zero-order valence-electron chi connectivity index (χ0n) is 10.7. The molecule has 1 saturated carbocycles. The molecule has 1 aliphatic rings. The Bertz CT molecular complexity index is 216. The van der Waals surface area contributed by atoms with E-state index < -0.39 is 5.97 Å². The molecule has 3 nitrogen and oxygen atoms in total. The van der Waals surface area contributed by atoms with Crippen molar-refractivity contribution in [2.24, 2.45) is 0 Å². The quantitative estimate of drug-likeness (QED) is 0.734. The van der Waals surface area contributed by atoms with E-state index in [0.717, 1.165) is 25.9 Å². The topological polar surface area (TPSA) is 40.5 Å². The molecule has 0 heterocycles. The van der Waals surface area contributed by atoms with E-state index in [1.165, 1.54) is 25.7 Å². The van der Waals surface area contributed by atoms with Crippen LogP contribution in [0, 0.1) is 0 Å². The number of carbonyl (C=O) groups is 1. The summed E-state index contributed by atoms with van der Waals surface area (Å²) in [6.45, 7) is 6.20. The van der Waals surface area contributed by atoms with Crippen molar-refractivity contribution in [2.45, 2.75) is 64.3 Å². The van der Waals surface area contributed by atoms with Gasteiger partial charge in [-0.2, -0.15) is 0 Å². The first kappa shape index (κ1) is 13.5. The van der Waals surface area contributed by atoms with E-state index in [9.17, 15) is 4.79 Å². The van der Waals surface area contributed by atoms with Crippen molar-refractivity contribution in [1.82, 2.24) is 4.90 Å². The van der Waals surface area contributed by atoms with Crippen LogP contribution in [0.25, 0.3) is 0 Å². The van der Waals surface area contributed by atoms with Crippen LogP contribution in [0.5, 0.6) is 0 Å². The largest absolute Gasteiger partial charge is 0.481 e. The van der Waals surface area contributed by atoms with E-state index in [4.69, 9.17) is 5.11 Å². The second-order valence-corrected chi connectivity index (χ2v) is 4.88. The standard InChI is InChI=1S/C13H25NO2/c1-3-14(4-2)13(11-12(15)16)9-7-5-6-8-10-13/h3-11H2,1-2H3,(H,15,16). The molecule has 0 atom stereocenters. The van der Waals surface area contributed by atoms with Crippen LogP contribution in [0.3, 0.4) is 0 Å². The number of rotatable bonds is 5. The highest BCUT2D eigenvalue weighted by atomic mass is 16.4. The molecule has 1 rings (SSSR count). The van der Waals surface area contributed by atoms with Crippen LogP contribution in [0.2, 0.25) is 0 Å². The third-order valence-electron chi connectivity index (χ3n) is 3.95. The highest BCUT2D eigenvalue weighted by molar-refractivity contribution is 5.68. The van der Waals surface area contributed by atoms with E-state index in [-0.39, 0.29) is 5.54 Å². The molecule has 0 bridgehead atoms. The molecule has 0 unspecified atom stereocenters. The van der Waals surface area contributed by atoms with Crippen LogP contribution in [0.15, 0.2) is 0 Å². The Hall–Kier alpha value is -0.570. The average Bonchev–Trinajstić information content (AvgIpc) is 2.45. The van der Waals surface area contributed by atoms with Crippen LogP contribution >= 0.6 is 0 Å². The summed E-state index contributed by atoms with van der Waals surface area (Å²) in [4.78, 5) is 13.5. The van der Waals surface area contributed by atoms with Crippen molar-refractivity contribution in [3.05, 3.63) is 0 Å². The van der Waals surface area contributed by atoms with Crippen molar-refractivity contribution in [3.63, 3.8) is 0 Å². The number of aliphatic carboxylic acids is 1. The monoisotopic (exact) mass is 227 g/mol. The number of hydrogen-bond donors (Lipinski definition) is 1. The minimum absolute atomic E-state index is 0.0637. The molecular weight excluding hydrogens is 202 g/mol. The maximum absolute atomic E-state index is 11.1. The molecule has 0 aromatic heterocycles. The molecule has 1 aliphatic carbocycles. The fraction of sp³-hybridized carbons (Fsp3) is 0.923. The molecule has 1 fully saturated rings. The van der Waals surface area contributed by atoms with E-state index in [1.807, 2.05) is 0 Å². The molecule has 0 aromatic rings. The van der Waals surface area contributed by atoms with Crippen molar-refractivity contribution < 1.29 is 9.90 Å². The Kier molecular flexibility index (Phi) is 5.26. The maximum Gasteiger partial charge on any atom is 0.305 e. The zero-order valence-corrected chi connectivity index (χ0v) is 10.7. The Labute approximate surface area is 98.8 Å². The normalized spacial score (nSPS) is 20.7. The first-order chi connectivity index (χ1) is 7.64. The smallest absolute Gasteiger partial charge is 0.305 e. The lowest BCUT2D eigenvalue weighted by Gasteiger charge is -2.42. The average molecular weight is 227 g/mol. The van der Waals surface area contributed by atoms with Gasteiger partial charge < -0.3 is 5.11 Å². The second kappa shape index (κ2) is 6.24. The SMILES string of the molecule is CCN(CC)C1(CC(=O)O)CCCCCC1. The summed E-state index contributed by atoms with van der Waals surface area (Å²) >= 11 is 0. The van der Waals surface area contributed by atoms with E-state index in [1.54, 1.807) is 0 Å². The fourth-order valence-electron chi connectivity index (χ4n) is 3.17. The maximum atomic E-state index is 11.1. The number of nitrogens with zero attached hydrogens (tertiary/aromatic N) is 1. The first-order valence-corrected chi connectivity index (χ1v) is 6.61. The molecule has 0 amide bonds. The van der Waals surface area contributed by atoms with Crippen LogP contribution in [-0.4, -0.2) is 34.6 Å². The van der Waals surface area contributed by atoms with E-state index in [0.29, 0.717) is 6.42 Å². The molecule has 0 aromatic carbocycles. The lowest BCUT2D eigenvalue weighted by molar-refractivity contribution is -0.140. The Balaban J connectivity index is 2.83. The molecule has 16 heavy (non-hydrogen) atoms. The van der Waals surface area contributed by atoms with Crippen LogP contribution in [0.1, 0.15) is 58.8 Å². The van der Waals surface area contributed by atoms with Gasteiger partial charge >= 0.3 is 5.97 Å². The Morgan fingerprint density at radius 1 is 1.12 bits per heavy atom. The van der Waals surface area contributed by atoms with Gasteiger partial charge in [-0.3, -0.25) is 9.69 Å². The molecule has 94 valence electrons. The lowest BCUT2D eigenvalue weighted by atomic mass is 9.84. The summed E-state index contributed by atoms with van der Waals surface area (Å²) in [5.74, 6) is -0.645. The van der Waals surface area contributed by atoms with Gasteiger partial charge in [0.2, 0.25) is 0 Å². The van der Waals surface area contributed by atoms with Gasteiger partial charge in [-0.1, -0.05) is 39.5 Å². The summed E-state index contributed by atoms with van der Waals surface area (Å²) < 4.78 is 0. The minimum Gasteiger partial charge on any atom is -0.481 e. The van der Waals surface area contributed by atoms with Crippen molar-refractivity contribution in [1.29, 1.82) is 0 Å². The summed E-state index contributed by atoms with van der Waals surface area (Å²) in [5.41, 5.74) is -0.0637. The Morgan fingerprint density at radius 2 is 1.62 bits per heavy atom. The van der Waals surface area contributed by atoms with Crippen LogP contribution in [-0.2, 0) is 4.79 Å². The van der Waals surface area contributed by atoms with Gasteiger partial charge in [-0.15, -0.1) is 0 Å². The molecule has 0 saturated heterocycles. The summed E-state index contributed by atoms with van der Waals surface area (Å²) in [7, 11) is 0. The van der Waals surface area contributed by atoms with Gasteiger partial charge in [-0.25, -0.2) is 0 Å². The Morgan fingerprint density at radius 3 is 2.00 bits per heavy atom. The molecule has 3 heteroatoms. The summed E-state index contributed by atoms with van der Waals surface area (Å²) in [6, 6.07) is 0. The molecule has 0 radical (unpaired) electrons. The number of carboxylic acid groups (broad SMARTS) is 1. The van der Waals surface area contributed by atoms with Gasteiger partial charge in [0.1, 0.15) is 0 Å². The van der Waals surface area contributed by atoms with Crippen molar-refractivity contribution >= 4 is 5.97 Å². The third kappa shape index (κ3) is 3.21. The minimum atomic E-state index is -0.645. The van der Waals surface area contributed by atoms with Crippen molar-refractivity contribution in [3.8, 4) is 0 Å². The van der Waals surface area contributed by atoms with Gasteiger partial charge in [0.25, 0.3) is 0 Å². The van der Waals surface area contributed by atoms with Crippen molar-refractivity contribution in [2.75, 3.05) is 13.1 Å². The molecule has 1 N–H and O–H groups in total. The van der Waals surface area contributed by atoms with Crippen LogP contribution < -0.4 is 0 Å². The van der Waals surface area contributed by atoms with Gasteiger partial charge in [0.05, 0.1) is 6.42 Å². The predicted molar refractivity (Wildman–Crippen MR) is 65.6 cm³/mol. The van der Waals surface area contributed by atoms with Crippen LogP contribution in [0.4, 0.5) is 0 Å².